The Balaban J connectivity index is 0. The molecule has 1 rings (SSSR count). The van der Waals surface area contributed by atoms with Crippen LogP contribution in [0.4, 0.5) is 0 Å². The Morgan fingerprint density at radius 1 is 1.50 bits per heavy atom. The summed E-state index contributed by atoms with van der Waals surface area (Å²) in [4.78, 5) is 10.3. The molecule has 1 aliphatic carbocycles. The lowest BCUT2D eigenvalue weighted by Crippen LogP contribution is -1.95. The zero-order valence-corrected chi connectivity index (χ0v) is 8.00. The highest BCUT2D eigenvalue weighted by Gasteiger charge is 2.10. The van der Waals surface area contributed by atoms with Gasteiger partial charge in [0.1, 0.15) is 6.29 Å². The summed E-state index contributed by atoms with van der Waals surface area (Å²) < 4.78 is 0. The molecular weight excluding hydrogens is 152 g/mol. The normalized spacial score (nSPS) is 18.6. The second kappa shape index (κ2) is 8.21. The van der Waals surface area contributed by atoms with E-state index < -0.39 is 0 Å². The van der Waals surface area contributed by atoms with Crippen LogP contribution >= 0.6 is 0 Å². The summed E-state index contributed by atoms with van der Waals surface area (Å²) in [6.07, 6.45) is 7.85. The van der Waals surface area contributed by atoms with Crippen LogP contribution in [0.5, 0.6) is 0 Å². The Morgan fingerprint density at radius 3 is 2.42 bits per heavy atom. The molecule has 0 aliphatic heterocycles. The highest BCUT2D eigenvalue weighted by molar-refractivity contribution is 5.76. The van der Waals surface area contributed by atoms with E-state index in [1.165, 1.54) is 0 Å². The molecule has 0 saturated carbocycles. The van der Waals surface area contributed by atoms with Crippen LogP contribution in [-0.2, 0) is 4.79 Å². The zero-order chi connectivity index (χ0) is 8.69. The van der Waals surface area contributed by atoms with Gasteiger partial charge in [-0.05, 0) is 12.0 Å². The third kappa shape index (κ3) is 3.49. The topological polar surface area (TPSA) is 48.6 Å². The summed E-state index contributed by atoms with van der Waals surface area (Å²) in [5.74, 6) is 0.391. The van der Waals surface area contributed by atoms with E-state index in [1.807, 2.05) is 26.0 Å². The van der Waals surface area contributed by atoms with Gasteiger partial charge in [-0.15, -0.1) is 0 Å². The van der Waals surface area contributed by atoms with Gasteiger partial charge in [0.05, 0.1) is 0 Å². The lowest BCUT2D eigenvalue weighted by atomic mass is 10.0. The number of allylic oxidation sites excluding steroid dienone is 4. The van der Waals surface area contributed by atoms with Gasteiger partial charge >= 0.3 is 0 Å². The van der Waals surface area contributed by atoms with Crippen LogP contribution < -0.4 is 0 Å². The fourth-order valence-electron chi connectivity index (χ4n) is 1.03. The maximum Gasteiger partial charge on any atom is 0.146 e. The van der Waals surface area contributed by atoms with Crippen molar-refractivity contribution in [1.29, 1.82) is 0 Å². The van der Waals surface area contributed by atoms with E-state index in [2.05, 4.69) is 13.0 Å². The predicted octanol–water partition coefficient (Wildman–Crippen LogP) is 1.91. The summed E-state index contributed by atoms with van der Waals surface area (Å²) in [6, 6.07) is 0. The monoisotopic (exact) mass is 170 g/mol. The van der Waals surface area contributed by atoms with Crippen molar-refractivity contribution in [2.45, 2.75) is 27.2 Å². The SMILES string of the molecule is CC.CC[C@H]1C=CC=C1C=O.O. The van der Waals surface area contributed by atoms with Crippen LogP contribution in [-0.4, -0.2) is 11.8 Å². The van der Waals surface area contributed by atoms with Gasteiger partial charge in [0.2, 0.25) is 0 Å². The van der Waals surface area contributed by atoms with Crippen molar-refractivity contribution >= 4 is 6.29 Å². The molecule has 0 heterocycles. The van der Waals surface area contributed by atoms with E-state index >= 15 is 0 Å². The molecule has 0 aromatic heterocycles. The fourth-order valence-corrected chi connectivity index (χ4v) is 1.03. The minimum atomic E-state index is 0. The third-order valence-electron chi connectivity index (χ3n) is 1.64. The first-order valence-electron chi connectivity index (χ1n) is 4.22. The van der Waals surface area contributed by atoms with Gasteiger partial charge in [0.25, 0.3) is 0 Å². The molecule has 1 aliphatic rings. The average molecular weight is 170 g/mol. The van der Waals surface area contributed by atoms with E-state index in [-0.39, 0.29) is 5.48 Å². The number of aldehydes is 1. The van der Waals surface area contributed by atoms with Crippen LogP contribution in [0.2, 0.25) is 0 Å². The molecule has 0 amide bonds. The highest BCUT2D eigenvalue weighted by atomic mass is 16.1. The number of rotatable bonds is 2. The number of hydrogen-bond acceptors (Lipinski definition) is 1. The van der Waals surface area contributed by atoms with Gasteiger partial charge in [-0.25, -0.2) is 0 Å². The van der Waals surface area contributed by atoms with Crippen LogP contribution in [0.3, 0.4) is 0 Å². The van der Waals surface area contributed by atoms with Crippen LogP contribution in [0, 0.1) is 5.92 Å². The van der Waals surface area contributed by atoms with E-state index in [9.17, 15) is 4.79 Å². The quantitative estimate of drug-likeness (QED) is 0.584. The van der Waals surface area contributed by atoms with Crippen molar-refractivity contribution in [1.82, 2.24) is 0 Å². The molecule has 1 atom stereocenters. The Morgan fingerprint density at radius 2 is 2.08 bits per heavy atom. The Bertz CT molecular complexity index is 169. The molecule has 0 aromatic rings. The van der Waals surface area contributed by atoms with E-state index in [0.29, 0.717) is 5.92 Å². The van der Waals surface area contributed by atoms with Crippen molar-refractivity contribution in [2.75, 3.05) is 0 Å². The molecule has 0 unspecified atom stereocenters. The summed E-state index contributed by atoms with van der Waals surface area (Å²) in [7, 11) is 0. The molecule has 0 bridgehead atoms. The lowest BCUT2D eigenvalue weighted by Gasteiger charge is -2.02. The van der Waals surface area contributed by atoms with Gasteiger partial charge in [-0.3, -0.25) is 4.79 Å². The molecule has 2 N–H and O–H groups in total. The summed E-state index contributed by atoms with van der Waals surface area (Å²) in [5.41, 5.74) is 0.914. The van der Waals surface area contributed by atoms with Crippen LogP contribution in [0.1, 0.15) is 27.2 Å². The molecular formula is C10H18O2. The summed E-state index contributed by atoms with van der Waals surface area (Å²) >= 11 is 0. The van der Waals surface area contributed by atoms with Gasteiger partial charge in [-0.2, -0.15) is 0 Å². The molecule has 0 radical (unpaired) electrons. The lowest BCUT2D eigenvalue weighted by molar-refractivity contribution is -0.105. The first-order valence-corrected chi connectivity index (χ1v) is 4.22. The van der Waals surface area contributed by atoms with Gasteiger partial charge < -0.3 is 5.48 Å². The Labute approximate surface area is 74.3 Å². The minimum absolute atomic E-state index is 0. The minimum Gasteiger partial charge on any atom is -0.412 e. The van der Waals surface area contributed by atoms with Gasteiger partial charge in [0.15, 0.2) is 0 Å². The third-order valence-corrected chi connectivity index (χ3v) is 1.64. The smallest absolute Gasteiger partial charge is 0.146 e. The second-order valence-corrected chi connectivity index (χ2v) is 2.18. The molecule has 0 saturated heterocycles. The predicted molar refractivity (Wildman–Crippen MR) is 52.0 cm³/mol. The summed E-state index contributed by atoms with van der Waals surface area (Å²) in [6.45, 7) is 6.08. The molecule has 12 heavy (non-hydrogen) atoms. The zero-order valence-electron chi connectivity index (χ0n) is 8.00. The van der Waals surface area contributed by atoms with Crippen molar-refractivity contribution in [3.05, 3.63) is 23.8 Å². The number of carbonyl (C=O) groups excluding carboxylic acids is 1. The number of hydrogen-bond donors (Lipinski definition) is 0. The first kappa shape index (κ1) is 13.7. The molecule has 0 fully saturated rings. The van der Waals surface area contributed by atoms with Gasteiger partial charge in [0, 0.05) is 5.92 Å². The van der Waals surface area contributed by atoms with E-state index in [1.54, 1.807) is 0 Å². The molecule has 70 valence electrons. The molecule has 0 spiro atoms. The van der Waals surface area contributed by atoms with Crippen molar-refractivity contribution < 1.29 is 10.3 Å². The number of carbonyl (C=O) groups is 1. The summed E-state index contributed by atoms with van der Waals surface area (Å²) in [5, 5.41) is 0. The van der Waals surface area contributed by atoms with Gasteiger partial charge in [-0.1, -0.05) is 39.0 Å². The standard InChI is InChI=1S/C8H10O.C2H6.H2O/c1-2-7-4-3-5-8(7)6-9;1-2;/h3-7H,2H2,1H3;1-2H3;1H2/t7-;;/m0../s1. The largest absolute Gasteiger partial charge is 0.412 e. The van der Waals surface area contributed by atoms with Crippen molar-refractivity contribution in [2.24, 2.45) is 5.92 Å². The Kier molecular flexibility index (Phi) is 9.36. The van der Waals surface area contributed by atoms with E-state index in [0.717, 1.165) is 18.3 Å². The maximum absolute atomic E-state index is 10.3. The maximum atomic E-state index is 10.3. The fraction of sp³-hybridized carbons (Fsp3) is 0.500. The van der Waals surface area contributed by atoms with Crippen LogP contribution in [0.25, 0.3) is 0 Å². The van der Waals surface area contributed by atoms with Crippen LogP contribution in [0.15, 0.2) is 23.8 Å². The first-order chi connectivity index (χ1) is 5.38. The molecule has 2 nitrogen and oxygen atoms in total. The van der Waals surface area contributed by atoms with Crippen molar-refractivity contribution in [3.8, 4) is 0 Å². The molecule has 0 aromatic carbocycles. The highest BCUT2D eigenvalue weighted by Crippen LogP contribution is 2.19. The van der Waals surface area contributed by atoms with Crippen molar-refractivity contribution in [3.63, 3.8) is 0 Å². The Hall–Kier alpha value is -0.890. The second-order valence-electron chi connectivity index (χ2n) is 2.18. The average Bonchev–Trinajstić information content (AvgIpc) is 2.54. The van der Waals surface area contributed by atoms with E-state index in [4.69, 9.17) is 0 Å². The molecule has 2 heteroatoms.